The Kier molecular flexibility index (Phi) is 3.80. The van der Waals surface area contributed by atoms with Gasteiger partial charge in [-0.3, -0.25) is 4.79 Å². The Morgan fingerprint density at radius 2 is 2.21 bits per heavy atom. The number of halogens is 1. The minimum Gasteiger partial charge on any atom is -0.478 e. The van der Waals surface area contributed by atoms with Gasteiger partial charge in [-0.15, -0.1) is 0 Å². The van der Waals surface area contributed by atoms with Crippen LogP contribution >= 0.6 is 0 Å². The molecule has 1 aromatic rings. The number of carbonyl (C=O) groups is 2. The van der Waals surface area contributed by atoms with E-state index < -0.39 is 17.3 Å². The largest absolute Gasteiger partial charge is 0.478 e. The summed E-state index contributed by atoms with van der Waals surface area (Å²) in [5.41, 5.74) is -0.171. The smallest absolute Gasteiger partial charge is 0.338 e. The molecular weight excluding hydrogens is 251 g/mol. The van der Waals surface area contributed by atoms with Gasteiger partial charge in [0.15, 0.2) is 0 Å². The van der Waals surface area contributed by atoms with Gasteiger partial charge in [-0.25, -0.2) is 9.18 Å². The fraction of sp³-hybridized carbons (Fsp3) is 0.385. The van der Waals surface area contributed by atoms with Gasteiger partial charge >= 0.3 is 5.97 Å². The number of carboxylic acids is 1. The van der Waals surface area contributed by atoms with E-state index in [4.69, 9.17) is 5.11 Å². The molecule has 1 saturated heterocycles. The van der Waals surface area contributed by atoms with Crippen LogP contribution in [0.25, 0.3) is 0 Å². The van der Waals surface area contributed by atoms with Crippen molar-refractivity contribution in [3.05, 3.63) is 29.6 Å². The monoisotopic (exact) mass is 266 g/mol. The van der Waals surface area contributed by atoms with E-state index in [0.717, 1.165) is 25.1 Å². The maximum atomic E-state index is 13.2. The second-order valence-corrected chi connectivity index (χ2v) is 4.69. The lowest BCUT2D eigenvalue weighted by molar-refractivity contribution is -0.118. The molecule has 3 N–H and O–H groups in total. The van der Waals surface area contributed by atoms with Crippen molar-refractivity contribution < 1.29 is 19.1 Å². The van der Waals surface area contributed by atoms with E-state index in [1.54, 1.807) is 0 Å². The molecule has 0 aliphatic carbocycles. The van der Waals surface area contributed by atoms with Crippen molar-refractivity contribution >= 4 is 17.6 Å². The van der Waals surface area contributed by atoms with Crippen molar-refractivity contribution in [3.63, 3.8) is 0 Å². The highest BCUT2D eigenvalue weighted by atomic mass is 19.1. The standard InChI is InChI=1S/C13H15FN2O3/c1-7-4-5-15-11(7)12(17)16-8-2-3-10(14)9(6-8)13(18)19/h2-3,6-7,11,15H,4-5H2,1H3,(H,16,17)(H,18,19). The van der Waals surface area contributed by atoms with Gasteiger partial charge in [0.1, 0.15) is 5.82 Å². The Balaban J connectivity index is 2.13. The number of rotatable bonds is 3. The average Bonchev–Trinajstić information content (AvgIpc) is 2.77. The summed E-state index contributed by atoms with van der Waals surface area (Å²) in [7, 11) is 0. The second-order valence-electron chi connectivity index (χ2n) is 4.69. The van der Waals surface area contributed by atoms with E-state index in [1.165, 1.54) is 6.07 Å². The van der Waals surface area contributed by atoms with Crippen molar-refractivity contribution in [2.24, 2.45) is 5.92 Å². The molecule has 1 fully saturated rings. The Bertz CT molecular complexity index is 519. The van der Waals surface area contributed by atoms with Gasteiger partial charge in [-0.2, -0.15) is 0 Å². The molecule has 2 unspecified atom stereocenters. The van der Waals surface area contributed by atoms with Crippen LogP contribution in [-0.2, 0) is 4.79 Å². The highest BCUT2D eigenvalue weighted by molar-refractivity contribution is 5.97. The summed E-state index contributed by atoms with van der Waals surface area (Å²) < 4.78 is 13.2. The van der Waals surface area contributed by atoms with E-state index >= 15 is 0 Å². The number of amides is 1. The maximum Gasteiger partial charge on any atom is 0.338 e. The van der Waals surface area contributed by atoms with Crippen LogP contribution in [0.2, 0.25) is 0 Å². The van der Waals surface area contributed by atoms with Gasteiger partial charge in [0, 0.05) is 5.69 Å². The van der Waals surface area contributed by atoms with E-state index in [9.17, 15) is 14.0 Å². The molecule has 1 aliphatic heterocycles. The predicted molar refractivity (Wildman–Crippen MR) is 67.6 cm³/mol. The normalized spacial score (nSPS) is 22.2. The van der Waals surface area contributed by atoms with Crippen molar-refractivity contribution in [1.82, 2.24) is 5.32 Å². The van der Waals surface area contributed by atoms with Crippen LogP contribution in [0, 0.1) is 11.7 Å². The molecule has 0 radical (unpaired) electrons. The molecule has 1 heterocycles. The minimum atomic E-state index is -1.36. The van der Waals surface area contributed by atoms with Crippen LogP contribution in [0.3, 0.4) is 0 Å². The van der Waals surface area contributed by atoms with Crippen LogP contribution in [0.4, 0.5) is 10.1 Å². The fourth-order valence-corrected chi connectivity index (χ4v) is 2.17. The molecule has 102 valence electrons. The van der Waals surface area contributed by atoms with Gasteiger partial charge in [0.25, 0.3) is 0 Å². The number of aromatic carboxylic acids is 1. The molecule has 2 atom stereocenters. The van der Waals surface area contributed by atoms with Crippen LogP contribution in [0.5, 0.6) is 0 Å². The molecule has 19 heavy (non-hydrogen) atoms. The van der Waals surface area contributed by atoms with E-state index in [2.05, 4.69) is 10.6 Å². The molecule has 0 bridgehead atoms. The summed E-state index contributed by atoms with van der Waals surface area (Å²) >= 11 is 0. The Hall–Kier alpha value is -1.95. The van der Waals surface area contributed by atoms with Crippen molar-refractivity contribution in [1.29, 1.82) is 0 Å². The summed E-state index contributed by atoms with van der Waals surface area (Å²) in [6.07, 6.45) is 0.919. The molecule has 1 aliphatic rings. The third-order valence-corrected chi connectivity index (χ3v) is 3.28. The first-order valence-corrected chi connectivity index (χ1v) is 6.06. The minimum absolute atomic E-state index is 0.222. The first-order valence-electron chi connectivity index (χ1n) is 6.06. The fourth-order valence-electron chi connectivity index (χ4n) is 2.17. The number of anilines is 1. The summed E-state index contributed by atoms with van der Waals surface area (Å²) in [6.45, 7) is 2.75. The predicted octanol–water partition coefficient (Wildman–Crippen LogP) is 1.46. The number of carbonyl (C=O) groups excluding carboxylic acids is 1. The quantitative estimate of drug-likeness (QED) is 0.774. The lowest BCUT2D eigenvalue weighted by atomic mass is 10.0. The zero-order valence-electron chi connectivity index (χ0n) is 10.4. The zero-order chi connectivity index (χ0) is 14.0. The average molecular weight is 266 g/mol. The van der Waals surface area contributed by atoms with Crippen molar-refractivity contribution in [2.75, 3.05) is 11.9 Å². The summed E-state index contributed by atoms with van der Waals surface area (Å²) in [4.78, 5) is 22.8. The first kappa shape index (κ1) is 13.5. The third kappa shape index (κ3) is 2.90. The number of hydrogen-bond acceptors (Lipinski definition) is 3. The Labute approximate surface area is 109 Å². The lowest BCUT2D eigenvalue weighted by Gasteiger charge is -2.15. The molecule has 1 amide bonds. The zero-order valence-corrected chi connectivity index (χ0v) is 10.4. The van der Waals surface area contributed by atoms with E-state index in [0.29, 0.717) is 0 Å². The molecule has 0 spiro atoms. The highest BCUT2D eigenvalue weighted by Crippen LogP contribution is 2.18. The van der Waals surface area contributed by atoms with Gasteiger partial charge in [-0.1, -0.05) is 6.92 Å². The molecule has 5 nitrogen and oxygen atoms in total. The first-order chi connectivity index (χ1) is 8.99. The summed E-state index contributed by atoms with van der Waals surface area (Å²) in [6, 6.07) is 3.21. The number of carboxylic acid groups (broad SMARTS) is 1. The van der Waals surface area contributed by atoms with Gasteiger partial charge in [0.2, 0.25) is 5.91 Å². The van der Waals surface area contributed by atoms with Crippen LogP contribution in [-0.4, -0.2) is 29.6 Å². The summed E-state index contributed by atoms with van der Waals surface area (Å²) in [5, 5.41) is 14.5. The van der Waals surface area contributed by atoms with Crippen molar-refractivity contribution in [2.45, 2.75) is 19.4 Å². The molecule has 2 rings (SSSR count). The summed E-state index contributed by atoms with van der Waals surface area (Å²) in [5.74, 6) is -2.19. The van der Waals surface area contributed by atoms with Crippen molar-refractivity contribution in [3.8, 4) is 0 Å². The maximum absolute atomic E-state index is 13.2. The van der Waals surface area contributed by atoms with Crippen LogP contribution in [0.15, 0.2) is 18.2 Å². The van der Waals surface area contributed by atoms with Gasteiger partial charge in [0.05, 0.1) is 11.6 Å². The number of benzene rings is 1. The lowest BCUT2D eigenvalue weighted by Crippen LogP contribution is -2.39. The number of nitrogens with one attached hydrogen (secondary N) is 2. The highest BCUT2D eigenvalue weighted by Gasteiger charge is 2.29. The SMILES string of the molecule is CC1CCNC1C(=O)Nc1ccc(F)c(C(=O)O)c1. The number of hydrogen-bond donors (Lipinski definition) is 3. The molecular formula is C13H15FN2O3. The van der Waals surface area contributed by atoms with Gasteiger partial charge < -0.3 is 15.7 Å². The van der Waals surface area contributed by atoms with Crippen LogP contribution < -0.4 is 10.6 Å². The second kappa shape index (κ2) is 5.36. The molecule has 6 heteroatoms. The van der Waals surface area contributed by atoms with E-state index in [1.807, 2.05) is 6.92 Å². The topological polar surface area (TPSA) is 78.4 Å². The van der Waals surface area contributed by atoms with Crippen LogP contribution in [0.1, 0.15) is 23.7 Å². The molecule has 1 aromatic carbocycles. The molecule has 0 saturated carbocycles. The Morgan fingerprint density at radius 1 is 1.47 bits per heavy atom. The molecule has 0 aromatic heterocycles. The Morgan fingerprint density at radius 3 is 2.79 bits per heavy atom. The third-order valence-electron chi connectivity index (χ3n) is 3.28. The van der Waals surface area contributed by atoms with Gasteiger partial charge in [-0.05, 0) is 37.1 Å². The van der Waals surface area contributed by atoms with E-state index in [-0.39, 0.29) is 23.6 Å².